The van der Waals surface area contributed by atoms with Gasteiger partial charge in [-0.25, -0.2) is 0 Å². The Bertz CT molecular complexity index is 421. The summed E-state index contributed by atoms with van der Waals surface area (Å²) < 4.78 is 5.83. The first-order valence-corrected chi connectivity index (χ1v) is 8.40. The Hall–Kier alpha value is -0.610. The van der Waals surface area contributed by atoms with Crippen LogP contribution < -0.4 is 5.73 Å². The van der Waals surface area contributed by atoms with Crippen molar-refractivity contribution in [3.8, 4) is 0 Å². The monoisotopic (exact) mass is 310 g/mol. The summed E-state index contributed by atoms with van der Waals surface area (Å²) in [6, 6.07) is 8.49. The minimum Gasteiger partial charge on any atom is -0.377 e. The highest BCUT2D eigenvalue weighted by Crippen LogP contribution is 2.29. The van der Waals surface area contributed by atoms with Crippen LogP contribution in [0.3, 0.4) is 0 Å². The molecule has 0 aliphatic carbocycles. The zero-order valence-corrected chi connectivity index (χ0v) is 13.9. The molecule has 0 spiro atoms. The maximum Gasteiger partial charge on any atom is 0.0702 e. The molecule has 3 atom stereocenters. The third kappa shape index (κ3) is 4.43. The molecule has 0 radical (unpaired) electrons. The second-order valence-electron chi connectivity index (χ2n) is 5.78. The van der Waals surface area contributed by atoms with Crippen molar-refractivity contribution < 1.29 is 4.74 Å². The molecule has 1 aromatic carbocycles. The molecule has 1 aliphatic heterocycles. The largest absolute Gasteiger partial charge is 0.377 e. The van der Waals surface area contributed by atoms with Gasteiger partial charge in [0, 0.05) is 30.3 Å². The van der Waals surface area contributed by atoms with Gasteiger partial charge in [0.1, 0.15) is 0 Å². The first kappa shape index (κ1) is 16.8. The van der Waals surface area contributed by atoms with E-state index in [-0.39, 0.29) is 12.1 Å². The fraction of sp³-hybridized carbons (Fsp3) is 0.647. The Labute approximate surface area is 133 Å². The lowest BCUT2D eigenvalue weighted by atomic mass is 9.94. The summed E-state index contributed by atoms with van der Waals surface area (Å²) >= 11 is 6.02. The van der Waals surface area contributed by atoms with Gasteiger partial charge in [-0.2, -0.15) is 0 Å². The van der Waals surface area contributed by atoms with Gasteiger partial charge in [-0.15, -0.1) is 0 Å². The lowest BCUT2D eigenvalue weighted by molar-refractivity contribution is -0.0116. The number of hydrogen-bond donors (Lipinski definition) is 1. The molecule has 1 heterocycles. The molecule has 118 valence electrons. The standard InChI is InChI=1S/C17H27ClN2O/c1-3-16(19)17(13-7-9-14(18)10-8-13)20-11-5-6-15(12-20)21-4-2/h7-10,15-17H,3-6,11-12,19H2,1-2H3. The average molecular weight is 311 g/mol. The molecule has 1 saturated heterocycles. The van der Waals surface area contributed by atoms with Gasteiger partial charge in [-0.1, -0.05) is 30.7 Å². The quantitative estimate of drug-likeness (QED) is 0.872. The van der Waals surface area contributed by atoms with Crippen molar-refractivity contribution in [3.63, 3.8) is 0 Å². The van der Waals surface area contributed by atoms with Gasteiger partial charge in [-0.3, -0.25) is 4.90 Å². The second kappa shape index (κ2) is 8.14. The van der Waals surface area contributed by atoms with Crippen molar-refractivity contribution in [3.05, 3.63) is 34.9 Å². The molecule has 0 saturated carbocycles. The minimum atomic E-state index is 0.131. The molecule has 1 fully saturated rings. The van der Waals surface area contributed by atoms with E-state index in [1.54, 1.807) is 0 Å². The molecule has 2 N–H and O–H groups in total. The number of ether oxygens (including phenoxy) is 1. The molecule has 0 aromatic heterocycles. The van der Waals surface area contributed by atoms with Crippen molar-refractivity contribution in [2.24, 2.45) is 5.73 Å². The van der Waals surface area contributed by atoms with Gasteiger partial charge in [0.2, 0.25) is 0 Å². The van der Waals surface area contributed by atoms with E-state index < -0.39 is 0 Å². The molecule has 3 unspecified atom stereocenters. The molecule has 2 rings (SSSR count). The van der Waals surface area contributed by atoms with Crippen LogP contribution in [0.25, 0.3) is 0 Å². The van der Waals surface area contributed by atoms with Crippen LogP contribution in [-0.2, 0) is 4.74 Å². The number of benzene rings is 1. The molecular formula is C17H27ClN2O. The maximum absolute atomic E-state index is 6.42. The Morgan fingerprint density at radius 3 is 2.67 bits per heavy atom. The minimum absolute atomic E-state index is 0.131. The summed E-state index contributed by atoms with van der Waals surface area (Å²) in [6.07, 6.45) is 3.62. The Morgan fingerprint density at radius 2 is 2.05 bits per heavy atom. The maximum atomic E-state index is 6.42. The number of piperidine rings is 1. The highest BCUT2D eigenvalue weighted by atomic mass is 35.5. The lowest BCUT2D eigenvalue weighted by Crippen LogP contribution is -2.47. The lowest BCUT2D eigenvalue weighted by Gasteiger charge is -2.40. The smallest absolute Gasteiger partial charge is 0.0702 e. The van der Waals surface area contributed by atoms with Gasteiger partial charge in [0.25, 0.3) is 0 Å². The zero-order chi connectivity index (χ0) is 15.2. The van der Waals surface area contributed by atoms with Crippen LogP contribution in [0.4, 0.5) is 0 Å². The van der Waals surface area contributed by atoms with Gasteiger partial charge >= 0.3 is 0 Å². The Balaban J connectivity index is 2.17. The summed E-state index contributed by atoms with van der Waals surface area (Å²) in [5, 5.41) is 0.772. The number of hydrogen-bond acceptors (Lipinski definition) is 3. The summed E-state index contributed by atoms with van der Waals surface area (Å²) in [5.41, 5.74) is 7.68. The fourth-order valence-electron chi connectivity index (χ4n) is 3.20. The summed E-state index contributed by atoms with van der Waals surface area (Å²) in [5.74, 6) is 0. The molecule has 1 aromatic rings. The van der Waals surface area contributed by atoms with Crippen LogP contribution in [0.5, 0.6) is 0 Å². The van der Waals surface area contributed by atoms with Crippen molar-refractivity contribution in [1.82, 2.24) is 4.90 Å². The number of nitrogens with zero attached hydrogens (tertiary/aromatic N) is 1. The summed E-state index contributed by atoms with van der Waals surface area (Å²) in [4.78, 5) is 2.49. The van der Waals surface area contributed by atoms with E-state index in [0.29, 0.717) is 6.10 Å². The van der Waals surface area contributed by atoms with Crippen molar-refractivity contribution >= 4 is 11.6 Å². The van der Waals surface area contributed by atoms with Crippen LogP contribution in [0.2, 0.25) is 5.02 Å². The summed E-state index contributed by atoms with van der Waals surface area (Å²) in [7, 11) is 0. The van der Waals surface area contributed by atoms with Gasteiger partial charge in [0.15, 0.2) is 0 Å². The third-order valence-electron chi connectivity index (χ3n) is 4.29. The molecule has 1 aliphatic rings. The zero-order valence-electron chi connectivity index (χ0n) is 13.1. The van der Waals surface area contributed by atoms with Crippen molar-refractivity contribution in [2.45, 2.75) is 51.3 Å². The van der Waals surface area contributed by atoms with E-state index in [1.165, 1.54) is 12.0 Å². The number of halogens is 1. The number of rotatable bonds is 6. The van der Waals surface area contributed by atoms with E-state index in [0.717, 1.165) is 37.6 Å². The molecule has 21 heavy (non-hydrogen) atoms. The van der Waals surface area contributed by atoms with Gasteiger partial charge in [0.05, 0.1) is 6.10 Å². The Kier molecular flexibility index (Phi) is 6.49. The molecule has 0 amide bonds. The highest BCUT2D eigenvalue weighted by molar-refractivity contribution is 6.30. The second-order valence-corrected chi connectivity index (χ2v) is 6.22. The highest BCUT2D eigenvalue weighted by Gasteiger charge is 2.30. The van der Waals surface area contributed by atoms with Crippen molar-refractivity contribution in [1.29, 1.82) is 0 Å². The molecule has 0 bridgehead atoms. The van der Waals surface area contributed by atoms with Crippen LogP contribution in [0.15, 0.2) is 24.3 Å². The van der Waals surface area contributed by atoms with E-state index >= 15 is 0 Å². The molecule has 4 heteroatoms. The average Bonchev–Trinajstić information content (AvgIpc) is 2.50. The number of likely N-dealkylation sites (tertiary alicyclic amines) is 1. The Morgan fingerprint density at radius 1 is 1.33 bits per heavy atom. The van der Waals surface area contributed by atoms with E-state index in [4.69, 9.17) is 22.1 Å². The van der Waals surface area contributed by atoms with Gasteiger partial charge < -0.3 is 10.5 Å². The van der Waals surface area contributed by atoms with E-state index in [1.807, 2.05) is 12.1 Å². The van der Waals surface area contributed by atoms with E-state index in [2.05, 4.69) is 30.9 Å². The summed E-state index contributed by atoms with van der Waals surface area (Å²) in [6.45, 7) is 7.05. The molecule has 3 nitrogen and oxygen atoms in total. The van der Waals surface area contributed by atoms with E-state index in [9.17, 15) is 0 Å². The van der Waals surface area contributed by atoms with Crippen molar-refractivity contribution in [2.75, 3.05) is 19.7 Å². The predicted molar refractivity (Wildman–Crippen MR) is 88.7 cm³/mol. The van der Waals surface area contributed by atoms with Crippen LogP contribution in [0, 0.1) is 0 Å². The molecular weight excluding hydrogens is 284 g/mol. The number of nitrogens with two attached hydrogens (primary N) is 1. The topological polar surface area (TPSA) is 38.5 Å². The SMILES string of the molecule is CCOC1CCCN(C(c2ccc(Cl)cc2)C(N)CC)C1. The first-order valence-electron chi connectivity index (χ1n) is 8.02. The predicted octanol–water partition coefficient (Wildman–Crippen LogP) is 3.62. The third-order valence-corrected chi connectivity index (χ3v) is 4.55. The van der Waals surface area contributed by atoms with Crippen LogP contribution >= 0.6 is 11.6 Å². The normalized spacial score (nSPS) is 23.0. The van der Waals surface area contributed by atoms with Gasteiger partial charge in [-0.05, 0) is 50.4 Å². The van der Waals surface area contributed by atoms with Crippen LogP contribution in [-0.4, -0.2) is 36.7 Å². The first-order chi connectivity index (χ1) is 10.2. The van der Waals surface area contributed by atoms with Crippen LogP contribution in [0.1, 0.15) is 44.7 Å². The fourth-order valence-corrected chi connectivity index (χ4v) is 3.33.